The van der Waals surface area contributed by atoms with E-state index in [4.69, 9.17) is 20.8 Å². The smallest absolute Gasteiger partial charge is 0.347 e. The summed E-state index contributed by atoms with van der Waals surface area (Å²) in [6.07, 6.45) is 3.39. The van der Waals surface area contributed by atoms with Gasteiger partial charge in [0.1, 0.15) is 5.75 Å². The average Bonchev–Trinajstić information content (AvgIpc) is 2.52. The Hall–Kier alpha value is -2.11. The zero-order chi connectivity index (χ0) is 16.4. The largest absolute Gasteiger partial charge is 0.496 e. The van der Waals surface area contributed by atoms with Gasteiger partial charge in [0.25, 0.3) is 0 Å². The predicted molar refractivity (Wildman–Crippen MR) is 94.9 cm³/mol. The summed E-state index contributed by atoms with van der Waals surface area (Å²) < 4.78 is 11.4. The van der Waals surface area contributed by atoms with E-state index in [-0.39, 0.29) is 5.89 Å². The molecule has 0 saturated carbocycles. The number of nitrogens with zero attached hydrogens (tertiary/aromatic N) is 1. The molecule has 0 aliphatic carbocycles. The van der Waals surface area contributed by atoms with Gasteiger partial charge < -0.3 is 9.15 Å². The van der Waals surface area contributed by atoms with Gasteiger partial charge in [-0.3, -0.25) is 0 Å². The summed E-state index contributed by atoms with van der Waals surface area (Å²) in [5.74, 6) is 0.905. The molecule has 1 heterocycles. The maximum atomic E-state index is 12.0. The van der Waals surface area contributed by atoms with Gasteiger partial charge in [-0.25, -0.2) is 9.78 Å². The van der Waals surface area contributed by atoms with E-state index >= 15 is 0 Å². The van der Waals surface area contributed by atoms with E-state index in [1.54, 1.807) is 37.5 Å². The maximum absolute atomic E-state index is 12.0. The van der Waals surface area contributed by atoms with Crippen LogP contribution in [0.4, 0.5) is 0 Å². The van der Waals surface area contributed by atoms with Crippen LogP contribution in [-0.4, -0.2) is 12.1 Å². The lowest BCUT2D eigenvalue weighted by atomic mass is 10.2. The fourth-order valence-corrected chi connectivity index (χ4v) is 2.67. The summed E-state index contributed by atoms with van der Waals surface area (Å²) in [7, 11) is 1.59. The molecule has 3 aromatic rings. The lowest BCUT2D eigenvalue weighted by Crippen LogP contribution is -2.02. The van der Waals surface area contributed by atoms with Gasteiger partial charge in [0.2, 0.25) is 5.89 Å². The van der Waals surface area contributed by atoms with E-state index < -0.39 is 5.63 Å². The van der Waals surface area contributed by atoms with Gasteiger partial charge >= 0.3 is 5.63 Å². The van der Waals surface area contributed by atoms with Crippen molar-refractivity contribution in [3.8, 4) is 5.75 Å². The van der Waals surface area contributed by atoms with Crippen molar-refractivity contribution in [3.05, 3.63) is 67.8 Å². The quantitative estimate of drug-likeness (QED) is 0.643. The number of aromatic nitrogens is 1. The number of fused-ring (bicyclic) bond motifs is 1. The summed E-state index contributed by atoms with van der Waals surface area (Å²) in [6, 6.07) is 10.5. The number of halogens is 2. The highest BCUT2D eigenvalue weighted by Gasteiger charge is 2.06. The summed E-state index contributed by atoms with van der Waals surface area (Å²) in [5.41, 5.74) is 0.875. The molecule has 0 fully saturated rings. The van der Waals surface area contributed by atoms with Crippen LogP contribution in [0.5, 0.6) is 5.75 Å². The molecule has 6 heteroatoms. The Morgan fingerprint density at radius 3 is 2.83 bits per heavy atom. The Bertz CT molecular complexity index is 966. The molecular formula is C17H11BrClNO3. The minimum absolute atomic E-state index is 0.201. The van der Waals surface area contributed by atoms with Gasteiger partial charge in [-0.1, -0.05) is 27.5 Å². The first-order chi connectivity index (χ1) is 11.1. The number of hydrogen-bond acceptors (Lipinski definition) is 4. The molecule has 0 saturated heterocycles. The minimum Gasteiger partial charge on any atom is -0.496 e. The second kappa shape index (κ2) is 6.56. The van der Waals surface area contributed by atoms with E-state index in [2.05, 4.69) is 20.9 Å². The molecule has 0 spiro atoms. The van der Waals surface area contributed by atoms with E-state index in [1.165, 1.54) is 0 Å². The number of benzene rings is 2. The highest BCUT2D eigenvalue weighted by molar-refractivity contribution is 9.10. The Morgan fingerprint density at radius 2 is 2.04 bits per heavy atom. The van der Waals surface area contributed by atoms with Crippen molar-refractivity contribution in [2.24, 2.45) is 0 Å². The molecule has 116 valence electrons. The van der Waals surface area contributed by atoms with Gasteiger partial charge in [-0.2, -0.15) is 0 Å². The zero-order valence-corrected chi connectivity index (χ0v) is 14.4. The van der Waals surface area contributed by atoms with Crippen LogP contribution >= 0.6 is 27.5 Å². The van der Waals surface area contributed by atoms with Crippen LogP contribution < -0.4 is 10.4 Å². The molecule has 23 heavy (non-hydrogen) atoms. The summed E-state index contributed by atoms with van der Waals surface area (Å²) in [4.78, 5) is 16.3. The first kappa shape index (κ1) is 15.8. The molecule has 0 atom stereocenters. The van der Waals surface area contributed by atoms with Gasteiger partial charge in [0.15, 0.2) is 0 Å². The predicted octanol–water partition coefficient (Wildman–Crippen LogP) is 4.78. The van der Waals surface area contributed by atoms with Crippen molar-refractivity contribution in [2.75, 3.05) is 7.11 Å². The Morgan fingerprint density at radius 1 is 1.22 bits per heavy atom. The minimum atomic E-state index is -0.451. The van der Waals surface area contributed by atoms with Crippen molar-refractivity contribution < 1.29 is 9.15 Å². The highest BCUT2D eigenvalue weighted by Crippen LogP contribution is 2.25. The zero-order valence-electron chi connectivity index (χ0n) is 12.0. The van der Waals surface area contributed by atoms with Crippen LogP contribution in [0.25, 0.3) is 23.1 Å². The standard InChI is InChI=1S/C17H11BrClNO3/c1-22-15-6-3-11(18)8-10(15)2-7-16-20-14-9-12(19)4-5-13(14)17(21)23-16/h2-9H,1H3/b7-2+. The summed E-state index contributed by atoms with van der Waals surface area (Å²) in [6.45, 7) is 0. The van der Waals surface area contributed by atoms with Crippen LogP contribution in [-0.2, 0) is 0 Å². The molecule has 0 aliphatic heterocycles. The monoisotopic (exact) mass is 391 g/mol. The topological polar surface area (TPSA) is 52.3 Å². The average molecular weight is 393 g/mol. The van der Waals surface area contributed by atoms with Crippen LogP contribution in [0.1, 0.15) is 11.5 Å². The number of hydrogen-bond donors (Lipinski definition) is 0. The van der Waals surface area contributed by atoms with E-state index in [0.717, 1.165) is 10.0 Å². The molecule has 4 nitrogen and oxygen atoms in total. The fourth-order valence-electron chi connectivity index (χ4n) is 2.13. The molecule has 1 aromatic heterocycles. The number of methoxy groups -OCH3 is 1. The van der Waals surface area contributed by atoms with Crippen LogP contribution in [0, 0.1) is 0 Å². The third-order valence-corrected chi connectivity index (χ3v) is 3.93. The van der Waals surface area contributed by atoms with Crippen LogP contribution in [0.15, 0.2) is 50.1 Å². The fraction of sp³-hybridized carbons (Fsp3) is 0.0588. The summed E-state index contributed by atoms with van der Waals surface area (Å²) >= 11 is 9.35. The molecule has 0 unspecified atom stereocenters. The van der Waals surface area contributed by atoms with Gasteiger partial charge in [0, 0.05) is 21.1 Å². The van der Waals surface area contributed by atoms with Crippen molar-refractivity contribution in [2.45, 2.75) is 0 Å². The molecular weight excluding hydrogens is 382 g/mol. The normalized spacial score (nSPS) is 11.3. The van der Waals surface area contributed by atoms with Crippen LogP contribution in [0.3, 0.4) is 0 Å². The SMILES string of the molecule is COc1ccc(Br)cc1/C=C/c1nc2cc(Cl)ccc2c(=O)o1. The molecule has 0 amide bonds. The first-order valence-corrected chi connectivity index (χ1v) is 7.86. The molecule has 0 radical (unpaired) electrons. The first-order valence-electron chi connectivity index (χ1n) is 6.69. The highest BCUT2D eigenvalue weighted by atomic mass is 79.9. The molecule has 0 bridgehead atoms. The molecule has 0 N–H and O–H groups in total. The lowest BCUT2D eigenvalue weighted by molar-refractivity contribution is 0.414. The van der Waals surface area contributed by atoms with Gasteiger partial charge in [-0.05, 0) is 42.5 Å². The Balaban J connectivity index is 2.05. The second-order valence-electron chi connectivity index (χ2n) is 4.72. The molecule has 3 rings (SSSR count). The maximum Gasteiger partial charge on any atom is 0.347 e. The third-order valence-electron chi connectivity index (χ3n) is 3.20. The van der Waals surface area contributed by atoms with E-state index in [1.807, 2.05) is 18.2 Å². The third kappa shape index (κ3) is 3.46. The van der Waals surface area contributed by atoms with Crippen LogP contribution in [0.2, 0.25) is 5.02 Å². The van der Waals surface area contributed by atoms with E-state index in [0.29, 0.717) is 21.7 Å². The van der Waals surface area contributed by atoms with E-state index in [9.17, 15) is 4.79 Å². The van der Waals surface area contributed by atoms with Crippen molar-refractivity contribution in [3.63, 3.8) is 0 Å². The van der Waals surface area contributed by atoms with Crippen molar-refractivity contribution >= 4 is 50.6 Å². The van der Waals surface area contributed by atoms with Gasteiger partial charge in [0.05, 0.1) is 18.0 Å². The Labute approximate surface area is 145 Å². The molecule has 2 aromatic carbocycles. The van der Waals surface area contributed by atoms with Gasteiger partial charge in [-0.15, -0.1) is 0 Å². The Kier molecular flexibility index (Phi) is 4.50. The van der Waals surface area contributed by atoms with Crippen molar-refractivity contribution in [1.29, 1.82) is 0 Å². The van der Waals surface area contributed by atoms with Crippen molar-refractivity contribution in [1.82, 2.24) is 4.98 Å². The summed E-state index contributed by atoms with van der Waals surface area (Å²) in [5, 5.41) is 0.908. The number of ether oxygens (including phenoxy) is 1. The molecule has 0 aliphatic rings. The number of rotatable bonds is 3. The second-order valence-corrected chi connectivity index (χ2v) is 6.07. The lowest BCUT2D eigenvalue weighted by Gasteiger charge is -2.04.